The first-order valence-electron chi connectivity index (χ1n) is 9.89. The fourth-order valence-corrected chi connectivity index (χ4v) is 4.37. The van der Waals surface area contributed by atoms with Crippen LogP contribution in [-0.2, 0) is 13.7 Å². The number of carbonyl (C=O) groups excluding carboxylic acids is 1. The SMILES string of the molecule is Cc1cc(-n2c(C)cc(C(=O)CSc3nnc(COc4ccccc4Cl)n3C)c2C)no1. The Morgan fingerprint density at radius 2 is 1.97 bits per heavy atom. The maximum absolute atomic E-state index is 12.9. The fourth-order valence-electron chi connectivity index (χ4n) is 3.36. The molecule has 0 radical (unpaired) electrons. The van der Waals surface area contributed by atoms with E-state index in [4.69, 9.17) is 20.9 Å². The average molecular weight is 472 g/mol. The van der Waals surface area contributed by atoms with Crippen molar-refractivity contribution in [3.05, 3.63) is 70.0 Å². The molecular formula is C22H22ClN5O3S. The summed E-state index contributed by atoms with van der Waals surface area (Å²) in [5, 5.41) is 13.6. The lowest BCUT2D eigenvalue weighted by molar-refractivity contribution is 0.102. The summed E-state index contributed by atoms with van der Waals surface area (Å²) in [6, 6.07) is 11.0. The monoisotopic (exact) mass is 471 g/mol. The first-order valence-corrected chi connectivity index (χ1v) is 11.3. The zero-order valence-corrected chi connectivity index (χ0v) is 19.7. The van der Waals surface area contributed by atoms with Crippen molar-refractivity contribution in [1.29, 1.82) is 0 Å². The molecule has 0 atom stereocenters. The highest BCUT2D eigenvalue weighted by Gasteiger charge is 2.20. The predicted molar refractivity (Wildman–Crippen MR) is 122 cm³/mol. The van der Waals surface area contributed by atoms with Crippen LogP contribution in [0, 0.1) is 20.8 Å². The van der Waals surface area contributed by atoms with Crippen molar-refractivity contribution in [2.45, 2.75) is 32.5 Å². The number of aryl methyl sites for hydroxylation is 2. The Bertz CT molecular complexity index is 1280. The third kappa shape index (κ3) is 4.44. The second kappa shape index (κ2) is 9.22. The zero-order valence-electron chi connectivity index (χ0n) is 18.1. The Hall–Kier alpha value is -3.04. The van der Waals surface area contributed by atoms with Gasteiger partial charge in [-0.3, -0.25) is 9.36 Å². The molecule has 4 aromatic rings. The first-order chi connectivity index (χ1) is 15.3. The van der Waals surface area contributed by atoms with Crippen molar-refractivity contribution < 1.29 is 14.1 Å². The average Bonchev–Trinajstić information content (AvgIpc) is 3.43. The van der Waals surface area contributed by atoms with Crippen LogP contribution < -0.4 is 4.74 Å². The number of nitrogens with zero attached hydrogens (tertiary/aromatic N) is 5. The van der Waals surface area contributed by atoms with Gasteiger partial charge in [0.1, 0.15) is 18.1 Å². The minimum absolute atomic E-state index is 0.00596. The lowest BCUT2D eigenvalue weighted by Gasteiger charge is -2.08. The molecule has 0 aliphatic carbocycles. The molecule has 3 aromatic heterocycles. The van der Waals surface area contributed by atoms with Gasteiger partial charge in [0.05, 0.1) is 10.8 Å². The van der Waals surface area contributed by atoms with E-state index in [1.165, 1.54) is 11.8 Å². The predicted octanol–water partition coefficient (Wildman–Crippen LogP) is 4.73. The minimum atomic E-state index is 0.00596. The van der Waals surface area contributed by atoms with Gasteiger partial charge in [-0.2, -0.15) is 0 Å². The summed E-state index contributed by atoms with van der Waals surface area (Å²) in [5.74, 6) is 2.85. The summed E-state index contributed by atoms with van der Waals surface area (Å²) in [4.78, 5) is 12.9. The van der Waals surface area contributed by atoms with Crippen molar-refractivity contribution >= 4 is 29.1 Å². The van der Waals surface area contributed by atoms with Crippen LogP contribution in [0.3, 0.4) is 0 Å². The quantitative estimate of drug-likeness (QED) is 0.271. The Morgan fingerprint density at radius 3 is 2.69 bits per heavy atom. The summed E-state index contributed by atoms with van der Waals surface area (Å²) in [6.07, 6.45) is 0. The van der Waals surface area contributed by atoms with Crippen LogP contribution in [0.2, 0.25) is 5.02 Å². The van der Waals surface area contributed by atoms with E-state index in [9.17, 15) is 4.79 Å². The molecule has 166 valence electrons. The Morgan fingerprint density at radius 1 is 1.19 bits per heavy atom. The van der Waals surface area contributed by atoms with Crippen LogP contribution in [0.5, 0.6) is 5.75 Å². The van der Waals surface area contributed by atoms with E-state index in [-0.39, 0.29) is 18.1 Å². The first kappa shape index (κ1) is 22.2. The van der Waals surface area contributed by atoms with Gasteiger partial charge in [0.25, 0.3) is 0 Å². The summed E-state index contributed by atoms with van der Waals surface area (Å²) in [7, 11) is 1.84. The minimum Gasteiger partial charge on any atom is -0.484 e. The van der Waals surface area contributed by atoms with E-state index in [1.807, 2.05) is 61.2 Å². The van der Waals surface area contributed by atoms with Crippen LogP contribution >= 0.6 is 23.4 Å². The van der Waals surface area contributed by atoms with E-state index < -0.39 is 0 Å². The molecule has 0 spiro atoms. The highest BCUT2D eigenvalue weighted by molar-refractivity contribution is 7.99. The molecule has 0 aliphatic rings. The summed E-state index contributed by atoms with van der Waals surface area (Å²) >= 11 is 7.46. The molecule has 1 aromatic carbocycles. The lowest BCUT2D eigenvalue weighted by atomic mass is 10.2. The molecule has 3 heterocycles. The molecule has 32 heavy (non-hydrogen) atoms. The Labute approximate surface area is 194 Å². The number of aromatic nitrogens is 5. The number of halogens is 1. The summed E-state index contributed by atoms with van der Waals surface area (Å²) < 4.78 is 14.7. The van der Waals surface area contributed by atoms with Gasteiger partial charge < -0.3 is 13.8 Å². The third-order valence-electron chi connectivity index (χ3n) is 5.03. The maximum atomic E-state index is 12.9. The summed E-state index contributed by atoms with van der Waals surface area (Å²) in [6.45, 7) is 5.90. The maximum Gasteiger partial charge on any atom is 0.191 e. The second-order valence-electron chi connectivity index (χ2n) is 7.30. The molecule has 0 amide bonds. The molecule has 0 N–H and O–H groups in total. The number of benzene rings is 1. The van der Waals surface area contributed by atoms with E-state index in [1.54, 1.807) is 12.1 Å². The van der Waals surface area contributed by atoms with Crippen molar-refractivity contribution in [1.82, 2.24) is 24.5 Å². The largest absolute Gasteiger partial charge is 0.484 e. The molecule has 0 unspecified atom stereocenters. The van der Waals surface area contributed by atoms with Gasteiger partial charge in [0, 0.05) is 30.1 Å². The van der Waals surface area contributed by atoms with Crippen LogP contribution in [0.1, 0.15) is 33.3 Å². The van der Waals surface area contributed by atoms with Gasteiger partial charge in [-0.25, -0.2) is 0 Å². The molecule has 10 heteroatoms. The third-order valence-corrected chi connectivity index (χ3v) is 6.36. The van der Waals surface area contributed by atoms with Crippen LogP contribution in [-0.4, -0.2) is 36.0 Å². The number of ketones is 1. The fraction of sp³-hybridized carbons (Fsp3) is 0.273. The Balaban J connectivity index is 1.42. The van der Waals surface area contributed by atoms with Gasteiger partial charge in [0.15, 0.2) is 22.6 Å². The number of Topliss-reactive ketones (excluding diaryl/α,β-unsaturated/α-hetero) is 1. The number of rotatable bonds is 8. The molecule has 0 saturated carbocycles. The van der Waals surface area contributed by atoms with Crippen LogP contribution in [0.25, 0.3) is 5.82 Å². The van der Waals surface area contributed by atoms with Gasteiger partial charge in [-0.15, -0.1) is 10.2 Å². The zero-order chi connectivity index (χ0) is 22.8. The van der Waals surface area contributed by atoms with Gasteiger partial charge in [0.2, 0.25) is 0 Å². The van der Waals surface area contributed by atoms with Crippen LogP contribution in [0.15, 0.2) is 46.1 Å². The van der Waals surface area contributed by atoms with E-state index >= 15 is 0 Å². The van der Waals surface area contributed by atoms with Gasteiger partial charge in [-0.1, -0.05) is 40.7 Å². The highest BCUT2D eigenvalue weighted by atomic mass is 35.5. The van der Waals surface area contributed by atoms with E-state index in [0.29, 0.717) is 38.9 Å². The number of carbonyl (C=O) groups is 1. The number of thioether (sulfide) groups is 1. The van der Waals surface area contributed by atoms with E-state index in [2.05, 4.69) is 15.4 Å². The van der Waals surface area contributed by atoms with E-state index in [0.717, 1.165) is 11.4 Å². The smallest absolute Gasteiger partial charge is 0.191 e. The second-order valence-corrected chi connectivity index (χ2v) is 8.65. The molecular weight excluding hydrogens is 450 g/mol. The number of para-hydroxylation sites is 1. The highest BCUT2D eigenvalue weighted by Crippen LogP contribution is 2.26. The van der Waals surface area contributed by atoms with Crippen molar-refractivity contribution in [2.75, 3.05) is 5.75 Å². The lowest BCUT2D eigenvalue weighted by Crippen LogP contribution is -2.07. The van der Waals surface area contributed by atoms with Crippen molar-refractivity contribution in [2.24, 2.45) is 7.05 Å². The topological polar surface area (TPSA) is 88.0 Å². The van der Waals surface area contributed by atoms with Crippen molar-refractivity contribution in [3.63, 3.8) is 0 Å². The number of hydrogen-bond acceptors (Lipinski definition) is 7. The van der Waals surface area contributed by atoms with Gasteiger partial charge >= 0.3 is 0 Å². The van der Waals surface area contributed by atoms with Crippen LogP contribution in [0.4, 0.5) is 0 Å². The Kier molecular flexibility index (Phi) is 6.38. The molecule has 0 fully saturated rings. The van der Waals surface area contributed by atoms with Crippen molar-refractivity contribution in [3.8, 4) is 11.6 Å². The number of hydrogen-bond donors (Lipinski definition) is 0. The molecule has 0 aliphatic heterocycles. The normalized spacial score (nSPS) is 11.2. The number of ether oxygens (including phenoxy) is 1. The molecule has 8 nitrogen and oxygen atoms in total. The van der Waals surface area contributed by atoms with Gasteiger partial charge in [-0.05, 0) is 39.0 Å². The molecule has 4 rings (SSSR count). The molecule has 0 saturated heterocycles. The standard InChI is InChI=1S/C22H22ClN5O3S/c1-13-9-16(15(3)28(13)20-10-14(2)31-26-20)18(29)12-32-22-25-24-21(27(22)4)11-30-19-8-6-5-7-17(19)23/h5-10H,11-12H2,1-4H3. The molecule has 0 bridgehead atoms. The summed E-state index contributed by atoms with van der Waals surface area (Å²) in [5.41, 5.74) is 2.40.